The Balaban J connectivity index is 1.18. The van der Waals surface area contributed by atoms with Crippen LogP contribution < -0.4 is 10.1 Å². The fourth-order valence-electron chi connectivity index (χ4n) is 3.85. The second-order valence-electron chi connectivity index (χ2n) is 7.14. The summed E-state index contributed by atoms with van der Waals surface area (Å²) in [5.74, 6) is 1.77. The number of furan rings is 1. The van der Waals surface area contributed by atoms with Crippen LogP contribution in [0.3, 0.4) is 0 Å². The van der Waals surface area contributed by atoms with Crippen LogP contribution in [0.25, 0.3) is 0 Å². The van der Waals surface area contributed by atoms with Gasteiger partial charge in [0.05, 0.1) is 19.1 Å². The summed E-state index contributed by atoms with van der Waals surface area (Å²) in [6.07, 6.45) is 3.65. The van der Waals surface area contributed by atoms with Crippen LogP contribution in [0.15, 0.2) is 59.3 Å². The Morgan fingerprint density at radius 3 is 2.82 bits per heavy atom. The van der Waals surface area contributed by atoms with Crippen molar-refractivity contribution < 1.29 is 23.9 Å². The maximum Gasteiger partial charge on any atom is 0.157 e. The molecule has 0 unspecified atom stereocenters. The summed E-state index contributed by atoms with van der Waals surface area (Å²) in [6, 6.07) is 13.9. The number of ether oxygens (including phenoxy) is 3. The molecule has 0 amide bonds. The van der Waals surface area contributed by atoms with Crippen molar-refractivity contribution in [2.45, 2.75) is 37.4 Å². The fraction of sp³-hybridized carbons (Fsp3) is 0.400. The average Bonchev–Trinajstić information content (AvgIpc) is 3.51. The number of hydrogen-bond donors (Lipinski definition) is 1. The highest BCUT2D eigenvalue weighted by atomic mass is 16.6. The van der Waals surface area contributed by atoms with E-state index in [0.717, 1.165) is 23.7 Å². The smallest absolute Gasteiger partial charge is 0.157 e. The number of benzene rings is 1. The molecule has 4 atom stereocenters. The number of para-hydroxylation sites is 1. The van der Waals surface area contributed by atoms with Gasteiger partial charge >= 0.3 is 0 Å². The van der Waals surface area contributed by atoms with Gasteiger partial charge in [-0.05, 0) is 24.3 Å². The molecule has 2 aliphatic heterocycles. The van der Waals surface area contributed by atoms with Crippen LogP contribution in [0.2, 0.25) is 0 Å². The van der Waals surface area contributed by atoms with E-state index in [1.165, 1.54) is 0 Å². The van der Waals surface area contributed by atoms with Gasteiger partial charge in [-0.1, -0.05) is 23.4 Å². The summed E-state index contributed by atoms with van der Waals surface area (Å²) in [4.78, 5) is 0. The molecule has 5 rings (SSSR count). The number of aromatic nitrogens is 3. The van der Waals surface area contributed by atoms with Crippen molar-refractivity contribution in [1.29, 1.82) is 0 Å². The van der Waals surface area contributed by atoms with Gasteiger partial charge in [0.15, 0.2) is 5.76 Å². The van der Waals surface area contributed by atoms with Crippen molar-refractivity contribution >= 4 is 0 Å². The maximum absolute atomic E-state index is 6.06. The number of nitrogens with two attached hydrogens (primary N) is 1. The first-order valence-electron chi connectivity index (χ1n) is 9.54. The van der Waals surface area contributed by atoms with Gasteiger partial charge in [-0.3, -0.25) is 0 Å². The Hall–Kier alpha value is -2.68. The molecule has 2 fully saturated rings. The van der Waals surface area contributed by atoms with Gasteiger partial charge < -0.3 is 23.9 Å². The second kappa shape index (κ2) is 7.75. The minimum absolute atomic E-state index is 0.0116. The average molecular weight is 383 g/mol. The highest BCUT2D eigenvalue weighted by Gasteiger charge is 2.50. The molecule has 2 saturated heterocycles. The lowest BCUT2D eigenvalue weighted by Gasteiger charge is -2.15. The Bertz CT molecular complexity index is 883. The summed E-state index contributed by atoms with van der Waals surface area (Å²) in [5, 5.41) is 10.7. The van der Waals surface area contributed by atoms with Gasteiger partial charge in [0.2, 0.25) is 0 Å². The summed E-state index contributed by atoms with van der Waals surface area (Å²) >= 11 is 0. The van der Waals surface area contributed by atoms with E-state index in [1.54, 1.807) is 6.26 Å². The third-order valence-electron chi connectivity index (χ3n) is 5.29. The Morgan fingerprint density at radius 1 is 1.07 bits per heavy atom. The topological polar surface area (TPSA) is 88.2 Å². The SMILES string of the molecule is c1ccc(OCc2cn([C@H]3CO[C@H]4[C@@H]3OC[C@@H]4[NH2+]Cc3ccco3)nn2)cc1. The number of rotatable bonds is 7. The minimum atomic E-state index is -0.0116. The van der Waals surface area contributed by atoms with Gasteiger partial charge in [0.25, 0.3) is 0 Å². The molecule has 3 aromatic rings. The van der Waals surface area contributed by atoms with E-state index in [2.05, 4.69) is 15.6 Å². The molecule has 0 radical (unpaired) electrons. The zero-order chi connectivity index (χ0) is 18.8. The molecule has 2 N–H and O–H groups in total. The molecular weight excluding hydrogens is 360 g/mol. The van der Waals surface area contributed by atoms with E-state index >= 15 is 0 Å². The molecule has 2 aromatic heterocycles. The maximum atomic E-state index is 6.06. The van der Waals surface area contributed by atoms with Crippen LogP contribution in [0.4, 0.5) is 0 Å². The van der Waals surface area contributed by atoms with E-state index in [-0.39, 0.29) is 24.3 Å². The first-order chi connectivity index (χ1) is 13.9. The molecule has 4 heterocycles. The molecule has 0 spiro atoms. The predicted molar refractivity (Wildman–Crippen MR) is 97.4 cm³/mol. The third-order valence-corrected chi connectivity index (χ3v) is 5.29. The summed E-state index contributed by atoms with van der Waals surface area (Å²) in [5.41, 5.74) is 0.784. The van der Waals surface area contributed by atoms with Crippen LogP contribution in [0.5, 0.6) is 5.75 Å². The first kappa shape index (κ1) is 17.4. The molecule has 1 aromatic carbocycles. The van der Waals surface area contributed by atoms with Crippen molar-refractivity contribution in [2.24, 2.45) is 0 Å². The van der Waals surface area contributed by atoms with Crippen molar-refractivity contribution in [1.82, 2.24) is 15.0 Å². The standard InChI is InChI=1S/C20H22N4O4/c1-2-5-15(6-3-1)26-11-14-10-24(23-22-14)18-13-28-19-17(12-27-20(18)19)21-9-16-7-4-8-25-16/h1-8,10,17-21H,9,11-13H2/p+1/t17-,18-,19+,20+/m0/s1. The molecule has 0 aliphatic carbocycles. The number of nitrogens with zero attached hydrogens (tertiary/aromatic N) is 3. The van der Waals surface area contributed by atoms with Gasteiger partial charge in [-0.15, -0.1) is 5.10 Å². The lowest BCUT2D eigenvalue weighted by Crippen LogP contribution is -2.91. The quantitative estimate of drug-likeness (QED) is 0.653. The lowest BCUT2D eigenvalue weighted by atomic mass is 10.1. The van der Waals surface area contributed by atoms with Crippen LogP contribution in [0.1, 0.15) is 17.5 Å². The second-order valence-corrected chi connectivity index (χ2v) is 7.14. The van der Waals surface area contributed by atoms with Gasteiger partial charge in [-0.25, -0.2) is 4.68 Å². The van der Waals surface area contributed by atoms with Crippen LogP contribution in [-0.4, -0.2) is 46.5 Å². The normalized spacial score (nSPS) is 26.4. The Kier molecular flexibility index (Phi) is 4.82. The van der Waals surface area contributed by atoms with Crippen LogP contribution in [0, 0.1) is 0 Å². The van der Waals surface area contributed by atoms with Crippen molar-refractivity contribution in [3.63, 3.8) is 0 Å². The van der Waals surface area contributed by atoms with Crippen molar-refractivity contribution in [3.8, 4) is 5.75 Å². The summed E-state index contributed by atoms with van der Waals surface area (Å²) in [6.45, 7) is 2.39. The zero-order valence-electron chi connectivity index (χ0n) is 15.4. The van der Waals surface area contributed by atoms with E-state index in [9.17, 15) is 0 Å². The van der Waals surface area contributed by atoms with Crippen molar-refractivity contribution in [3.05, 3.63) is 66.4 Å². The molecular formula is C20H23N4O4+. The van der Waals surface area contributed by atoms with E-state index in [1.807, 2.05) is 53.3 Å². The largest absolute Gasteiger partial charge is 0.487 e. The number of quaternary nitrogens is 1. The Morgan fingerprint density at radius 2 is 1.96 bits per heavy atom. The molecule has 0 saturated carbocycles. The van der Waals surface area contributed by atoms with Crippen molar-refractivity contribution in [2.75, 3.05) is 13.2 Å². The molecule has 8 nitrogen and oxygen atoms in total. The highest BCUT2D eigenvalue weighted by molar-refractivity contribution is 5.21. The number of fused-ring (bicyclic) bond motifs is 1. The molecule has 146 valence electrons. The lowest BCUT2D eigenvalue weighted by molar-refractivity contribution is -0.709. The van der Waals surface area contributed by atoms with Crippen LogP contribution in [-0.2, 0) is 22.6 Å². The monoisotopic (exact) mass is 383 g/mol. The van der Waals surface area contributed by atoms with E-state index in [0.29, 0.717) is 19.8 Å². The summed E-state index contributed by atoms with van der Waals surface area (Å²) < 4.78 is 25.1. The molecule has 28 heavy (non-hydrogen) atoms. The minimum Gasteiger partial charge on any atom is -0.487 e. The highest BCUT2D eigenvalue weighted by Crippen LogP contribution is 2.32. The Labute approximate surface area is 162 Å². The summed E-state index contributed by atoms with van der Waals surface area (Å²) in [7, 11) is 0. The predicted octanol–water partition coefficient (Wildman–Crippen LogP) is 0.921. The third kappa shape index (κ3) is 3.54. The van der Waals surface area contributed by atoms with E-state index < -0.39 is 0 Å². The first-order valence-corrected chi connectivity index (χ1v) is 9.54. The number of hydrogen-bond acceptors (Lipinski definition) is 6. The van der Waals surface area contributed by atoms with Crippen LogP contribution >= 0.6 is 0 Å². The molecule has 8 heteroatoms. The van der Waals surface area contributed by atoms with Gasteiger partial charge in [0.1, 0.15) is 55.5 Å². The zero-order valence-corrected chi connectivity index (χ0v) is 15.4. The van der Waals surface area contributed by atoms with E-state index in [4.69, 9.17) is 18.6 Å². The van der Waals surface area contributed by atoms with Gasteiger partial charge in [0, 0.05) is 0 Å². The molecule has 0 bridgehead atoms. The fourth-order valence-corrected chi connectivity index (χ4v) is 3.85. The molecule has 2 aliphatic rings. The van der Waals surface area contributed by atoms with Gasteiger partial charge in [-0.2, -0.15) is 0 Å².